The van der Waals surface area contributed by atoms with Gasteiger partial charge in [-0.25, -0.2) is 0 Å². The molecule has 3 aromatic carbocycles. The third kappa shape index (κ3) is 6.11. The Morgan fingerprint density at radius 1 is 0.974 bits per heavy atom. The van der Waals surface area contributed by atoms with E-state index in [0.29, 0.717) is 35.1 Å². The molecule has 204 valence electrons. The van der Waals surface area contributed by atoms with Crippen LogP contribution in [0.15, 0.2) is 72.8 Å². The number of aromatic hydroxyl groups is 1. The van der Waals surface area contributed by atoms with Gasteiger partial charge in [-0.15, -0.1) is 0 Å². The van der Waals surface area contributed by atoms with Crippen molar-refractivity contribution in [1.82, 2.24) is 5.32 Å². The van der Waals surface area contributed by atoms with Crippen LogP contribution in [0.4, 0.5) is 5.69 Å². The first-order valence-electron chi connectivity index (χ1n) is 13.6. The van der Waals surface area contributed by atoms with Crippen molar-refractivity contribution in [3.63, 3.8) is 0 Å². The topological polar surface area (TPSA) is 97.3 Å². The highest BCUT2D eigenvalue weighted by molar-refractivity contribution is 6.03. The molecule has 1 aliphatic heterocycles. The summed E-state index contributed by atoms with van der Waals surface area (Å²) in [6.07, 6.45) is 4.12. The second-order valence-corrected chi connectivity index (χ2v) is 9.84. The summed E-state index contributed by atoms with van der Waals surface area (Å²) in [7, 11) is 0. The third-order valence-electron chi connectivity index (χ3n) is 7.11. The lowest BCUT2D eigenvalue weighted by atomic mass is 9.94. The molecule has 1 saturated carbocycles. The van der Waals surface area contributed by atoms with Crippen molar-refractivity contribution in [1.29, 1.82) is 0 Å². The predicted molar refractivity (Wildman–Crippen MR) is 147 cm³/mol. The van der Waals surface area contributed by atoms with E-state index in [1.165, 1.54) is 17.0 Å². The maximum atomic E-state index is 14.3. The average Bonchev–Trinajstić information content (AvgIpc) is 2.97. The zero-order chi connectivity index (χ0) is 27.2. The van der Waals surface area contributed by atoms with Gasteiger partial charge in [0.25, 0.3) is 5.91 Å². The number of carbonyl (C=O) groups excluding carboxylic acids is 2. The normalized spacial score (nSPS) is 17.6. The van der Waals surface area contributed by atoms with Crippen LogP contribution in [0.3, 0.4) is 0 Å². The molecule has 2 N–H and O–H groups in total. The molecule has 2 atom stereocenters. The van der Waals surface area contributed by atoms with Crippen LogP contribution < -0.4 is 24.4 Å². The fourth-order valence-electron chi connectivity index (χ4n) is 5.17. The quantitative estimate of drug-likeness (QED) is 0.418. The number of nitrogens with one attached hydrogen (secondary N) is 1. The molecule has 1 fully saturated rings. The average molecular weight is 531 g/mol. The first-order chi connectivity index (χ1) is 19.0. The van der Waals surface area contributed by atoms with E-state index in [-0.39, 0.29) is 24.3 Å². The molecule has 39 heavy (non-hydrogen) atoms. The van der Waals surface area contributed by atoms with Gasteiger partial charge in [-0.2, -0.15) is 0 Å². The lowest BCUT2D eigenvalue weighted by molar-refractivity contribution is -0.132. The van der Waals surface area contributed by atoms with E-state index in [9.17, 15) is 14.7 Å². The molecular formula is C31H34N2O6. The minimum atomic E-state index is -1.00. The van der Waals surface area contributed by atoms with Crippen LogP contribution in [-0.4, -0.2) is 42.3 Å². The number of fused-ring (bicyclic) bond motifs is 1. The first-order valence-corrected chi connectivity index (χ1v) is 13.6. The number of carbonyl (C=O) groups is 2. The predicted octanol–water partition coefficient (Wildman–Crippen LogP) is 5.15. The van der Waals surface area contributed by atoms with Crippen molar-refractivity contribution >= 4 is 17.5 Å². The number of ether oxygens (including phenoxy) is 3. The molecule has 5 rings (SSSR count). The molecule has 1 aliphatic carbocycles. The van der Waals surface area contributed by atoms with Gasteiger partial charge in [0, 0.05) is 11.7 Å². The Kier molecular flexibility index (Phi) is 8.20. The Labute approximate surface area is 228 Å². The number of nitrogens with zero attached hydrogens (tertiary/aromatic N) is 1. The number of anilines is 1. The van der Waals surface area contributed by atoms with Crippen LogP contribution in [0.1, 0.15) is 50.6 Å². The first kappa shape index (κ1) is 26.4. The van der Waals surface area contributed by atoms with Gasteiger partial charge in [-0.3, -0.25) is 14.5 Å². The van der Waals surface area contributed by atoms with E-state index >= 15 is 0 Å². The largest absolute Gasteiger partial charge is 0.508 e. The maximum Gasteiger partial charge on any atom is 0.272 e. The smallest absolute Gasteiger partial charge is 0.272 e. The maximum absolute atomic E-state index is 14.3. The Hall–Kier alpha value is -4.20. The number of hydrogen-bond acceptors (Lipinski definition) is 6. The molecule has 0 saturated heterocycles. The summed E-state index contributed by atoms with van der Waals surface area (Å²) in [4.78, 5) is 29.7. The van der Waals surface area contributed by atoms with Crippen molar-refractivity contribution in [2.45, 2.75) is 57.2 Å². The summed E-state index contributed by atoms with van der Waals surface area (Å²) in [6, 6.07) is 19.7. The molecule has 0 unspecified atom stereocenters. The number of rotatable bonds is 8. The number of hydrogen-bond donors (Lipinski definition) is 2. The molecule has 1 heterocycles. The summed E-state index contributed by atoms with van der Waals surface area (Å²) >= 11 is 0. The van der Waals surface area contributed by atoms with Gasteiger partial charge in [0.15, 0.2) is 11.5 Å². The van der Waals surface area contributed by atoms with Gasteiger partial charge >= 0.3 is 0 Å². The molecule has 8 heteroatoms. The Balaban J connectivity index is 1.54. The Morgan fingerprint density at radius 3 is 2.36 bits per heavy atom. The molecule has 8 nitrogen and oxygen atoms in total. The van der Waals surface area contributed by atoms with Crippen molar-refractivity contribution in [2.75, 3.05) is 18.1 Å². The second kappa shape index (κ2) is 12.1. The highest BCUT2D eigenvalue weighted by Crippen LogP contribution is 2.35. The van der Waals surface area contributed by atoms with E-state index in [1.54, 1.807) is 48.5 Å². The summed E-state index contributed by atoms with van der Waals surface area (Å²) in [5, 5.41) is 13.1. The molecule has 3 aromatic rings. The van der Waals surface area contributed by atoms with Gasteiger partial charge in [-0.1, -0.05) is 43.5 Å². The monoisotopic (exact) mass is 530 g/mol. The summed E-state index contributed by atoms with van der Waals surface area (Å²) in [6.45, 7) is 2.42. The minimum absolute atomic E-state index is 0.00984. The van der Waals surface area contributed by atoms with Crippen molar-refractivity contribution in [3.8, 4) is 23.0 Å². The van der Waals surface area contributed by atoms with Crippen LogP contribution in [0.2, 0.25) is 0 Å². The van der Waals surface area contributed by atoms with E-state index in [0.717, 1.165) is 32.1 Å². The fraction of sp³-hybridized carbons (Fsp3) is 0.355. The van der Waals surface area contributed by atoms with E-state index in [2.05, 4.69) is 5.32 Å². The van der Waals surface area contributed by atoms with Crippen LogP contribution in [0, 0.1) is 0 Å². The van der Waals surface area contributed by atoms with Crippen LogP contribution in [0.25, 0.3) is 0 Å². The number of benzene rings is 3. The number of phenols is 1. The van der Waals surface area contributed by atoms with Gasteiger partial charge < -0.3 is 24.6 Å². The third-order valence-corrected chi connectivity index (χ3v) is 7.11. The highest BCUT2D eigenvalue weighted by Gasteiger charge is 2.39. The number of para-hydroxylation sites is 2. The standard InChI is InChI=1S/C31H34N2O6/c1-2-37-25-18-14-23(15-19-25)33(31(36)28-20-38-26-10-6-7-11-27(26)39-28)29(21-12-16-24(34)17-13-21)30(35)32-22-8-4-3-5-9-22/h6-7,10-19,22,28-29,34H,2-5,8-9,20H2,1H3,(H,32,35)/t28-,29-/m1/s1. The zero-order valence-corrected chi connectivity index (χ0v) is 22.0. The molecular weight excluding hydrogens is 496 g/mol. The summed E-state index contributed by atoms with van der Waals surface area (Å²) in [5.74, 6) is 1.08. The Bertz CT molecular complexity index is 1270. The zero-order valence-electron chi connectivity index (χ0n) is 22.0. The van der Waals surface area contributed by atoms with E-state index in [1.807, 2.05) is 19.1 Å². The lowest BCUT2D eigenvalue weighted by Crippen LogP contribution is -2.52. The van der Waals surface area contributed by atoms with Crippen molar-refractivity contribution in [3.05, 3.63) is 78.4 Å². The highest BCUT2D eigenvalue weighted by atomic mass is 16.6. The Morgan fingerprint density at radius 2 is 1.67 bits per heavy atom. The molecule has 2 amide bonds. The summed E-state index contributed by atoms with van der Waals surface area (Å²) in [5.41, 5.74) is 1.09. The van der Waals surface area contributed by atoms with E-state index in [4.69, 9.17) is 14.2 Å². The van der Waals surface area contributed by atoms with E-state index < -0.39 is 18.1 Å². The van der Waals surface area contributed by atoms with Gasteiger partial charge in [0.05, 0.1) is 6.61 Å². The minimum Gasteiger partial charge on any atom is -0.508 e. The van der Waals surface area contributed by atoms with Crippen LogP contribution in [0.5, 0.6) is 23.0 Å². The summed E-state index contributed by atoms with van der Waals surface area (Å²) < 4.78 is 17.5. The fourth-order valence-corrected chi connectivity index (χ4v) is 5.17. The molecule has 0 spiro atoms. The van der Waals surface area contributed by atoms with Crippen LogP contribution >= 0.6 is 0 Å². The molecule has 2 aliphatic rings. The van der Waals surface area contributed by atoms with Crippen molar-refractivity contribution < 1.29 is 28.9 Å². The molecule has 0 radical (unpaired) electrons. The second-order valence-electron chi connectivity index (χ2n) is 9.84. The number of phenolic OH excluding ortho intramolecular Hbond substituents is 1. The van der Waals surface area contributed by atoms with Crippen molar-refractivity contribution in [2.24, 2.45) is 0 Å². The molecule has 0 aromatic heterocycles. The lowest BCUT2D eigenvalue weighted by Gasteiger charge is -2.36. The van der Waals surface area contributed by atoms with Gasteiger partial charge in [-0.05, 0) is 73.9 Å². The van der Waals surface area contributed by atoms with Gasteiger partial charge in [0.2, 0.25) is 12.0 Å². The van der Waals surface area contributed by atoms with Crippen LogP contribution in [-0.2, 0) is 9.59 Å². The molecule has 0 bridgehead atoms. The van der Waals surface area contributed by atoms with Gasteiger partial charge in [0.1, 0.15) is 24.1 Å². The number of amides is 2. The SMILES string of the molecule is CCOc1ccc(N(C(=O)[C@H]2COc3ccccc3O2)[C@@H](C(=O)NC2CCCCC2)c2ccc(O)cc2)cc1.